The Bertz CT molecular complexity index is 1360. The Morgan fingerprint density at radius 2 is 1.79 bits per heavy atom. The first-order valence-corrected chi connectivity index (χ1v) is 13.8. The van der Waals surface area contributed by atoms with E-state index in [0.717, 1.165) is 40.7 Å². The first-order chi connectivity index (χ1) is 18.7. The molecule has 2 aliphatic heterocycles. The summed E-state index contributed by atoms with van der Waals surface area (Å²) in [5, 5.41) is 6.50. The minimum absolute atomic E-state index is 0.0560. The third kappa shape index (κ3) is 5.33. The van der Waals surface area contributed by atoms with Crippen LogP contribution in [0.3, 0.4) is 0 Å². The van der Waals surface area contributed by atoms with E-state index >= 15 is 0 Å². The predicted octanol–water partition coefficient (Wildman–Crippen LogP) is 5.05. The molecule has 0 radical (unpaired) electrons. The third-order valence-electron chi connectivity index (χ3n) is 8.82. The number of rotatable bonds is 8. The van der Waals surface area contributed by atoms with E-state index in [4.69, 9.17) is 0 Å². The lowest BCUT2D eigenvalue weighted by atomic mass is 9.89. The molecule has 0 bridgehead atoms. The topological polar surface area (TPSA) is 54.3 Å². The fourth-order valence-electron chi connectivity index (χ4n) is 6.15. The Hall–Kier alpha value is -2.85. The second kappa shape index (κ2) is 10.3. The Morgan fingerprint density at radius 3 is 2.51 bits per heavy atom. The molecule has 3 aliphatic rings. The highest BCUT2D eigenvalue weighted by atomic mass is 19.4. The molecule has 6 rings (SSSR count). The molecule has 0 amide bonds. The highest BCUT2D eigenvalue weighted by molar-refractivity contribution is 5.89. The van der Waals surface area contributed by atoms with Crippen LogP contribution < -0.4 is 0 Å². The quantitative estimate of drug-likeness (QED) is 0.373. The number of hydrogen-bond acceptors (Lipinski definition) is 5. The van der Waals surface area contributed by atoms with Gasteiger partial charge in [0.1, 0.15) is 12.5 Å². The van der Waals surface area contributed by atoms with Gasteiger partial charge in [-0.2, -0.15) is 18.3 Å². The van der Waals surface area contributed by atoms with Crippen LogP contribution in [0.15, 0.2) is 36.7 Å². The number of pyridine rings is 1. The van der Waals surface area contributed by atoms with E-state index in [9.17, 15) is 22.4 Å². The number of benzene rings is 1. The van der Waals surface area contributed by atoms with Gasteiger partial charge < -0.3 is 4.90 Å². The monoisotopic (exact) mass is 543 g/mol. The van der Waals surface area contributed by atoms with E-state index < -0.39 is 11.6 Å². The maximum atomic E-state index is 13.3. The van der Waals surface area contributed by atoms with Gasteiger partial charge in [0.05, 0.1) is 23.9 Å². The van der Waals surface area contributed by atoms with Crippen molar-refractivity contribution in [2.75, 3.05) is 39.4 Å². The lowest BCUT2D eigenvalue weighted by Crippen LogP contribution is -2.43. The summed E-state index contributed by atoms with van der Waals surface area (Å²) in [4.78, 5) is 21.6. The summed E-state index contributed by atoms with van der Waals surface area (Å²) in [5.41, 5.74) is 2.30. The number of piperidine rings is 1. The molecular weight excluding hydrogens is 510 g/mol. The molecule has 208 valence electrons. The number of carbonyl (C=O) groups is 1. The summed E-state index contributed by atoms with van der Waals surface area (Å²) in [5.74, 6) is -0.0365. The molecule has 0 spiro atoms. The van der Waals surface area contributed by atoms with Gasteiger partial charge in [-0.1, -0.05) is 12.1 Å². The van der Waals surface area contributed by atoms with Gasteiger partial charge in [0, 0.05) is 61.4 Å². The molecule has 10 heteroatoms. The van der Waals surface area contributed by atoms with Crippen molar-refractivity contribution in [1.29, 1.82) is 0 Å². The van der Waals surface area contributed by atoms with Gasteiger partial charge in [-0.05, 0) is 61.9 Å². The van der Waals surface area contributed by atoms with Crippen molar-refractivity contribution in [2.45, 2.75) is 51.4 Å². The number of alkyl halides is 4. The summed E-state index contributed by atoms with van der Waals surface area (Å²) in [6.45, 7) is 3.34. The number of likely N-dealkylation sites (tertiary alicyclic amines) is 1. The highest BCUT2D eigenvalue weighted by Crippen LogP contribution is 2.58. The summed E-state index contributed by atoms with van der Waals surface area (Å²) in [6.07, 6.45) is 1.35. The van der Waals surface area contributed by atoms with E-state index in [0.29, 0.717) is 44.7 Å². The first-order valence-electron chi connectivity index (χ1n) is 13.8. The van der Waals surface area contributed by atoms with E-state index in [1.54, 1.807) is 6.20 Å². The van der Waals surface area contributed by atoms with Crippen molar-refractivity contribution in [2.24, 2.45) is 11.3 Å². The van der Waals surface area contributed by atoms with Crippen LogP contribution in [0.4, 0.5) is 17.6 Å². The molecule has 39 heavy (non-hydrogen) atoms. The van der Waals surface area contributed by atoms with Gasteiger partial charge >= 0.3 is 6.18 Å². The molecular formula is C29H33F4N5O. The van der Waals surface area contributed by atoms with Gasteiger partial charge in [0.2, 0.25) is 0 Å². The average Bonchev–Trinajstić information content (AvgIpc) is 3.60. The lowest BCUT2D eigenvalue weighted by molar-refractivity contribution is -0.192. The first kappa shape index (κ1) is 26.4. The Morgan fingerprint density at radius 1 is 1.00 bits per heavy atom. The molecule has 1 saturated heterocycles. The number of halogens is 4. The van der Waals surface area contributed by atoms with Crippen molar-refractivity contribution >= 4 is 16.6 Å². The van der Waals surface area contributed by atoms with Gasteiger partial charge in [0.15, 0.2) is 0 Å². The van der Waals surface area contributed by atoms with Gasteiger partial charge in [-0.25, -0.2) is 4.39 Å². The van der Waals surface area contributed by atoms with Crippen LogP contribution in [0.5, 0.6) is 0 Å². The third-order valence-corrected chi connectivity index (χ3v) is 8.82. The number of fused-ring (bicyclic) bond motifs is 2. The standard InChI is InChI=1S/C29H33F4N5O/c30-7-10-36-11-12-38-26(18-36)25(17-35-38)21-1-2-22-16-34-24(14-23(22)13-21)15-27(39)20-3-8-37(9-4-20)19-28(5-6-28)29(31,32)33/h1-2,13-14,16-17,20H,3-12,15,18-19H2. The number of Topliss-reactive ketones (excluding diaryl/α,β-unsaturated/α-hetero) is 1. The minimum Gasteiger partial charge on any atom is -0.302 e. The molecule has 2 aromatic heterocycles. The van der Waals surface area contributed by atoms with Gasteiger partial charge in [-0.3, -0.25) is 19.4 Å². The van der Waals surface area contributed by atoms with Crippen LogP contribution in [0.2, 0.25) is 0 Å². The second-order valence-electron chi connectivity index (χ2n) is 11.4. The number of carbonyl (C=O) groups excluding carboxylic acids is 1. The van der Waals surface area contributed by atoms with Crippen molar-refractivity contribution in [3.8, 4) is 11.1 Å². The molecule has 6 nitrogen and oxygen atoms in total. The number of aromatic nitrogens is 3. The molecule has 1 aliphatic carbocycles. The van der Waals surface area contributed by atoms with Crippen molar-refractivity contribution in [3.63, 3.8) is 0 Å². The number of ketones is 1. The molecule has 1 saturated carbocycles. The minimum atomic E-state index is -4.14. The average molecular weight is 544 g/mol. The number of nitrogens with zero attached hydrogens (tertiary/aromatic N) is 5. The van der Waals surface area contributed by atoms with Gasteiger partial charge in [0.25, 0.3) is 0 Å². The normalized spacial score (nSPS) is 20.3. The van der Waals surface area contributed by atoms with Crippen LogP contribution in [-0.4, -0.2) is 75.9 Å². The lowest BCUT2D eigenvalue weighted by Gasteiger charge is -2.34. The second-order valence-corrected chi connectivity index (χ2v) is 11.4. The van der Waals surface area contributed by atoms with E-state index in [2.05, 4.69) is 21.0 Å². The van der Waals surface area contributed by atoms with E-state index in [1.807, 2.05) is 34.0 Å². The molecule has 0 unspecified atom stereocenters. The summed E-state index contributed by atoms with van der Waals surface area (Å²) >= 11 is 0. The SMILES string of the molecule is O=C(Cc1cc2cc(-c3cnn4c3CN(CCF)CC4)ccc2cn1)C1CCN(CC2(C(F)(F)F)CC2)CC1. The Balaban J connectivity index is 1.11. The largest absolute Gasteiger partial charge is 0.395 e. The zero-order chi connectivity index (χ0) is 27.2. The zero-order valence-electron chi connectivity index (χ0n) is 21.9. The van der Waals surface area contributed by atoms with Crippen LogP contribution in [0, 0.1) is 11.3 Å². The smallest absolute Gasteiger partial charge is 0.302 e. The Kier molecular flexibility index (Phi) is 6.95. The predicted molar refractivity (Wildman–Crippen MR) is 140 cm³/mol. The summed E-state index contributed by atoms with van der Waals surface area (Å²) in [6, 6.07) is 8.10. The number of hydrogen-bond donors (Lipinski definition) is 0. The van der Waals surface area contributed by atoms with Crippen LogP contribution in [0.1, 0.15) is 37.1 Å². The van der Waals surface area contributed by atoms with Crippen molar-refractivity contribution in [1.82, 2.24) is 24.6 Å². The Labute approximate surface area is 225 Å². The van der Waals surface area contributed by atoms with Crippen LogP contribution in [0.25, 0.3) is 21.9 Å². The summed E-state index contributed by atoms with van der Waals surface area (Å²) < 4.78 is 54.9. The fraction of sp³-hybridized carbons (Fsp3) is 0.552. The van der Waals surface area contributed by atoms with Crippen LogP contribution >= 0.6 is 0 Å². The molecule has 0 atom stereocenters. The van der Waals surface area contributed by atoms with E-state index in [1.165, 1.54) is 0 Å². The highest BCUT2D eigenvalue weighted by Gasteiger charge is 2.63. The maximum absolute atomic E-state index is 13.3. The zero-order valence-corrected chi connectivity index (χ0v) is 21.9. The molecule has 2 fully saturated rings. The molecule has 3 aromatic rings. The van der Waals surface area contributed by atoms with Crippen molar-refractivity contribution < 1.29 is 22.4 Å². The van der Waals surface area contributed by atoms with Crippen LogP contribution in [-0.2, 0) is 24.3 Å². The van der Waals surface area contributed by atoms with Gasteiger partial charge in [-0.15, -0.1) is 0 Å². The molecule has 1 aromatic carbocycles. The van der Waals surface area contributed by atoms with Crippen molar-refractivity contribution in [3.05, 3.63) is 48.0 Å². The summed E-state index contributed by atoms with van der Waals surface area (Å²) in [7, 11) is 0. The van der Waals surface area contributed by atoms with E-state index in [-0.39, 0.29) is 44.2 Å². The molecule has 4 heterocycles. The maximum Gasteiger partial charge on any atom is 0.395 e. The fourth-order valence-corrected chi connectivity index (χ4v) is 6.15. The molecule has 0 N–H and O–H groups in total.